The Hall–Kier alpha value is -0.580. The van der Waals surface area contributed by atoms with E-state index in [0.717, 1.165) is 29.2 Å². The van der Waals surface area contributed by atoms with E-state index in [1.165, 1.54) is 25.1 Å². The molecule has 0 aromatic heterocycles. The van der Waals surface area contributed by atoms with Crippen LogP contribution in [-0.4, -0.2) is 38.7 Å². The molecule has 100 valence electrons. The fourth-order valence-corrected chi connectivity index (χ4v) is 3.02. The number of hydrogen-bond acceptors (Lipinski definition) is 3. The van der Waals surface area contributed by atoms with Gasteiger partial charge in [0.2, 0.25) is 0 Å². The maximum Gasteiger partial charge on any atom is 0.133 e. The quantitative estimate of drug-likeness (QED) is 0.904. The number of ether oxygens (including phenoxy) is 1. The molecular formula is C14H21BrN2O. The van der Waals surface area contributed by atoms with E-state index in [2.05, 4.69) is 45.3 Å². The van der Waals surface area contributed by atoms with Gasteiger partial charge in [-0.25, -0.2) is 0 Å². The summed E-state index contributed by atoms with van der Waals surface area (Å²) in [4.78, 5) is 2.40. The van der Waals surface area contributed by atoms with Gasteiger partial charge in [0.1, 0.15) is 5.75 Å². The molecule has 1 aromatic rings. The van der Waals surface area contributed by atoms with Crippen molar-refractivity contribution in [2.75, 3.05) is 33.8 Å². The van der Waals surface area contributed by atoms with Crippen LogP contribution in [0, 0.1) is 5.92 Å². The highest BCUT2D eigenvalue weighted by molar-refractivity contribution is 9.10. The summed E-state index contributed by atoms with van der Waals surface area (Å²) >= 11 is 3.51. The number of nitrogens with zero attached hydrogens (tertiary/aromatic N) is 1. The van der Waals surface area contributed by atoms with Gasteiger partial charge in [-0.05, 0) is 66.1 Å². The number of methoxy groups -OCH3 is 1. The van der Waals surface area contributed by atoms with E-state index >= 15 is 0 Å². The van der Waals surface area contributed by atoms with Gasteiger partial charge in [-0.1, -0.05) is 6.07 Å². The molecule has 1 saturated heterocycles. The lowest BCUT2D eigenvalue weighted by atomic mass is 10.1. The third-order valence-corrected chi connectivity index (χ3v) is 4.09. The molecule has 0 spiro atoms. The molecule has 0 aliphatic carbocycles. The first-order valence-electron chi connectivity index (χ1n) is 6.40. The van der Waals surface area contributed by atoms with Gasteiger partial charge in [0.15, 0.2) is 0 Å². The van der Waals surface area contributed by atoms with Crippen molar-refractivity contribution in [2.24, 2.45) is 5.92 Å². The summed E-state index contributed by atoms with van der Waals surface area (Å²) in [5.41, 5.74) is 1.29. The average molecular weight is 313 g/mol. The lowest BCUT2D eigenvalue weighted by molar-refractivity contribution is 0.388. The topological polar surface area (TPSA) is 24.5 Å². The monoisotopic (exact) mass is 312 g/mol. The normalized spacial score (nSPS) is 20.3. The molecule has 1 atom stereocenters. The van der Waals surface area contributed by atoms with Gasteiger partial charge in [0.25, 0.3) is 0 Å². The molecule has 1 aromatic carbocycles. The fraction of sp³-hybridized carbons (Fsp3) is 0.571. The molecule has 1 aliphatic rings. The smallest absolute Gasteiger partial charge is 0.133 e. The van der Waals surface area contributed by atoms with Crippen LogP contribution in [0.5, 0.6) is 5.75 Å². The lowest BCUT2D eigenvalue weighted by Gasteiger charge is -2.12. The number of nitrogens with one attached hydrogen (secondary N) is 1. The molecule has 0 bridgehead atoms. The van der Waals surface area contributed by atoms with E-state index in [1.807, 2.05) is 6.07 Å². The van der Waals surface area contributed by atoms with Gasteiger partial charge in [0, 0.05) is 13.1 Å². The summed E-state index contributed by atoms with van der Waals surface area (Å²) in [5, 5.41) is 3.54. The maximum atomic E-state index is 5.22. The van der Waals surface area contributed by atoms with E-state index in [4.69, 9.17) is 4.74 Å². The molecule has 18 heavy (non-hydrogen) atoms. The number of halogens is 1. The van der Waals surface area contributed by atoms with Crippen molar-refractivity contribution in [3.63, 3.8) is 0 Å². The highest BCUT2D eigenvalue weighted by Crippen LogP contribution is 2.25. The second-order valence-corrected chi connectivity index (χ2v) is 5.87. The number of benzene rings is 1. The van der Waals surface area contributed by atoms with E-state index in [1.54, 1.807) is 7.11 Å². The molecule has 4 heteroatoms. The minimum absolute atomic E-state index is 0.802. The van der Waals surface area contributed by atoms with E-state index in [0.29, 0.717) is 0 Å². The largest absolute Gasteiger partial charge is 0.496 e. The second kappa shape index (κ2) is 6.55. The van der Waals surface area contributed by atoms with Crippen molar-refractivity contribution in [1.29, 1.82) is 0 Å². The molecule has 0 saturated carbocycles. The van der Waals surface area contributed by atoms with Gasteiger partial charge < -0.3 is 15.0 Å². The molecule has 1 aliphatic heterocycles. The predicted molar refractivity (Wildman–Crippen MR) is 78.0 cm³/mol. The standard InChI is InChI=1S/C14H21BrN2O/c1-17-6-5-12(10-17)9-16-8-11-3-4-14(18-2)13(15)7-11/h3-4,7,12,16H,5-6,8-10H2,1-2H3. The highest BCUT2D eigenvalue weighted by Gasteiger charge is 2.18. The van der Waals surface area contributed by atoms with Gasteiger partial charge in [-0.2, -0.15) is 0 Å². The first kappa shape index (κ1) is 13.8. The van der Waals surface area contributed by atoms with Crippen LogP contribution in [0.25, 0.3) is 0 Å². The number of likely N-dealkylation sites (tertiary alicyclic amines) is 1. The van der Waals surface area contributed by atoms with E-state index in [9.17, 15) is 0 Å². The molecule has 0 amide bonds. The van der Waals surface area contributed by atoms with Crippen molar-refractivity contribution in [3.8, 4) is 5.75 Å². The Balaban J connectivity index is 1.78. The van der Waals surface area contributed by atoms with Crippen molar-refractivity contribution >= 4 is 15.9 Å². The van der Waals surface area contributed by atoms with Crippen molar-refractivity contribution in [2.45, 2.75) is 13.0 Å². The highest BCUT2D eigenvalue weighted by atomic mass is 79.9. The molecule has 2 rings (SSSR count). The zero-order valence-corrected chi connectivity index (χ0v) is 12.7. The Morgan fingerprint density at radius 1 is 1.50 bits per heavy atom. The molecule has 1 fully saturated rings. The minimum Gasteiger partial charge on any atom is -0.496 e. The second-order valence-electron chi connectivity index (χ2n) is 5.02. The Morgan fingerprint density at radius 2 is 2.33 bits per heavy atom. The summed E-state index contributed by atoms with van der Waals surface area (Å²) in [6, 6.07) is 6.23. The third-order valence-electron chi connectivity index (χ3n) is 3.47. The first-order chi connectivity index (χ1) is 8.69. The predicted octanol–water partition coefficient (Wildman–Crippen LogP) is 2.50. The summed E-state index contributed by atoms with van der Waals surface area (Å²) in [6.07, 6.45) is 1.32. The number of rotatable bonds is 5. The van der Waals surface area contributed by atoms with Crippen LogP contribution in [-0.2, 0) is 6.54 Å². The van der Waals surface area contributed by atoms with Crippen molar-refractivity contribution < 1.29 is 4.74 Å². The fourth-order valence-electron chi connectivity index (χ4n) is 2.43. The van der Waals surface area contributed by atoms with Gasteiger partial charge in [-0.15, -0.1) is 0 Å². The van der Waals surface area contributed by atoms with Gasteiger partial charge in [-0.3, -0.25) is 0 Å². The molecule has 1 heterocycles. The Bertz CT molecular complexity index is 397. The Labute approximate surface area is 118 Å². The van der Waals surface area contributed by atoms with Crippen molar-refractivity contribution in [1.82, 2.24) is 10.2 Å². The van der Waals surface area contributed by atoms with Crippen molar-refractivity contribution in [3.05, 3.63) is 28.2 Å². The van der Waals surface area contributed by atoms with Crippen LogP contribution in [0.2, 0.25) is 0 Å². The lowest BCUT2D eigenvalue weighted by Crippen LogP contribution is -2.24. The van der Waals surface area contributed by atoms with Gasteiger partial charge in [0.05, 0.1) is 11.6 Å². The summed E-state index contributed by atoms with van der Waals surface area (Å²) in [6.45, 7) is 4.48. The SMILES string of the molecule is COc1ccc(CNCC2CCN(C)C2)cc1Br. The van der Waals surface area contributed by atoms with Crippen LogP contribution in [0.1, 0.15) is 12.0 Å². The molecule has 1 N–H and O–H groups in total. The van der Waals surface area contributed by atoms with Crippen LogP contribution >= 0.6 is 15.9 Å². The Morgan fingerprint density at radius 3 is 2.94 bits per heavy atom. The number of hydrogen-bond donors (Lipinski definition) is 1. The van der Waals surface area contributed by atoms with Crippen LogP contribution in [0.3, 0.4) is 0 Å². The first-order valence-corrected chi connectivity index (χ1v) is 7.20. The maximum absolute atomic E-state index is 5.22. The summed E-state index contributed by atoms with van der Waals surface area (Å²) in [5.74, 6) is 1.69. The summed E-state index contributed by atoms with van der Waals surface area (Å²) < 4.78 is 6.24. The minimum atomic E-state index is 0.802. The molecule has 1 unspecified atom stereocenters. The molecule has 0 radical (unpaired) electrons. The average Bonchev–Trinajstić information content (AvgIpc) is 2.75. The summed E-state index contributed by atoms with van der Waals surface area (Å²) in [7, 11) is 3.88. The van der Waals surface area contributed by atoms with Crippen LogP contribution < -0.4 is 10.1 Å². The van der Waals surface area contributed by atoms with Crippen LogP contribution in [0.15, 0.2) is 22.7 Å². The molecule has 3 nitrogen and oxygen atoms in total. The Kier molecular flexibility index (Phi) is 5.03. The van der Waals surface area contributed by atoms with E-state index in [-0.39, 0.29) is 0 Å². The zero-order chi connectivity index (χ0) is 13.0. The van der Waals surface area contributed by atoms with Gasteiger partial charge >= 0.3 is 0 Å². The molecular weight excluding hydrogens is 292 g/mol. The zero-order valence-electron chi connectivity index (χ0n) is 11.1. The van der Waals surface area contributed by atoms with E-state index < -0.39 is 0 Å². The van der Waals surface area contributed by atoms with Crippen LogP contribution in [0.4, 0.5) is 0 Å². The third kappa shape index (κ3) is 3.70.